The zero-order chi connectivity index (χ0) is 13.9. The maximum Gasteiger partial charge on any atom is 0.165 e. The minimum atomic E-state index is -0.192. The van der Waals surface area contributed by atoms with Gasteiger partial charge in [0.25, 0.3) is 0 Å². The van der Waals surface area contributed by atoms with Gasteiger partial charge in [-0.3, -0.25) is 0 Å². The van der Waals surface area contributed by atoms with Crippen molar-refractivity contribution in [2.24, 2.45) is 0 Å². The molecular weight excluding hydrogens is 257 g/mol. The Labute approximate surface area is 117 Å². The molecule has 0 spiro atoms. The molecule has 2 aromatic rings. The molecule has 0 saturated heterocycles. The summed E-state index contributed by atoms with van der Waals surface area (Å²) in [6.45, 7) is 3.34. The fourth-order valence-corrected chi connectivity index (χ4v) is 2.21. The quantitative estimate of drug-likeness (QED) is 0.870. The van der Waals surface area contributed by atoms with E-state index in [1.165, 1.54) is 18.9 Å². The van der Waals surface area contributed by atoms with Crippen LogP contribution in [0.2, 0.25) is 0 Å². The topological polar surface area (TPSA) is 55.6 Å². The van der Waals surface area contributed by atoms with E-state index in [0.717, 1.165) is 23.4 Å². The second-order valence-corrected chi connectivity index (χ2v) is 5.29. The molecule has 1 aliphatic rings. The molecule has 1 aromatic heterocycles. The second-order valence-electron chi connectivity index (χ2n) is 5.29. The number of rotatable bonds is 6. The predicted octanol–water partition coefficient (Wildman–Crippen LogP) is 1.62. The molecular formula is C14H18FN5. The first-order valence-electron chi connectivity index (χ1n) is 6.96. The summed E-state index contributed by atoms with van der Waals surface area (Å²) < 4.78 is 14.9. The molecule has 1 aromatic carbocycles. The molecule has 3 rings (SSSR count). The van der Waals surface area contributed by atoms with Crippen molar-refractivity contribution >= 4 is 0 Å². The van der Waals surface area contributed by atoms with Gasteiger partial charge in [-0.1, -0.05) is 6.07 Å². The molecule has 1 saturated carbocycles. The van der Waals surface area contributed by atoms with Gasteiger partial charge in [0.1, 0.15) is 5.82 Å². The van der Waals surface area contributed by atoms with E-state index in [1.54, 1.807) is 6.07 Å². The van der Waals surface area contributed by atoms with E-state index in [4.69, 9.17) is 0 Å². The second kappa shape index (κ2) is 5.66. The Morgan fingerprint density at radius 1 is 1.40 bits per heavy atom. The van der Waals surface area contributed by atoms with Crippen LogP contribution in [-0.4, -0.2) is 26.2 Å². The lowest BCUT2D eigenvalue weighted by atomic mass is 10.1. The third-order valence-corrected chi connectivity index (χ3v) is 3.63. The summed E-state index contributed by atoms with van der Waals surface area (Å²) >= 11 is 0. The highest BCUT2D eigenvalue weighted by Gasteiger charge is 2.21. The van der Waals surface area contributed by atoms with Crippen LogP contribution in [0.3, 0.4) is 0 Å². The van der Waals surface area contributed by atoms with Crippen molar-refractivity contribution in [2.45, 2.75) is 45.3 Å². The number of halogens is 1. The van der Waals surface area contributed by atoms with E-state index in [9.17, 15) is 4.39 Å². The number of tetrazole rings is 1. The number of hydrogen-bond acceptors (Lipinski definition) is 4. The highest BCUT2D eigenvalue weighted by molar-refractivity contribution is 5.26. The van der Waals surface area contributed by atoms with E-state index >= 15 is 0 Å². The highest BCUT2D eigenvalue weighted by atomic mass is 19.1. The molecule has 0 bridgehead atoms. The smallest absolute Gasteiger partial charge is 0.165 e. The molecule has 5 nitrogen and oxygen atoms in total. The normalized spacial score (nSPS) is 14.7. The van der Waals surface area contributed by atoms with E-state index in [2.05, 4.69) is 20.8 Å². The van der Waals surface area contributed by atoms with Crippen molar-refractivity contribution in [2.75, 3.05) is 0 Å². The van der Waals surface area contributed by atoms with E-state index in [0.29, 0.717) is 19.1 Å². The Bertz CT molecular complexity index is 591. The molecule has 0 atom stereocenters. The minimum absolute atomic E-state index is 0.192. The van der Waals surface area contributed by atoms with Crippen molar-refractivity contribution in [1.29, 1.82) is 0 Å². The summed E-state index contributed by atoms with van der Waals surface area (Å²) in [6, 6.07) is 5.53. The number of aromatic nitrogens is 4. The maximum atomic E-state index is 13.1. The van der Waals surface area contributed by atoms with E-state index in [1.807, 2.05) is 17.7 Å². The van der Waals surface area contributed by atoms with Gasteiger partial charge in [-0.05, 0) is 59.9 Å². The van der Waals surface area contributed by atoms with Crippen molar-refractivity contribution < 1.29 is 4.39 Å². The first-order valence-corrected chi connectivity index (χ1v) is 6.96. The van der Waals surface area contributed by atoms with Crippen LogP contribution in [0.1, 0.15) is 29.8 Å². The summed E-state index contributed by atoms with van der Waals surface area (Å²) in [7, 11) is 0. The maximum absolute atomic E-state index is 13.1. The van der Waals surface area contributed by atoms with Gasteiger partial charge in [-0.2, -0.15) is 0 Å². The van der Waals surface area contributed by atoms with Gasteiger partial charge in [0.15, 0.2) is 5.82 Å². The van der Waals surface area contributed by atoms with Crippen LogP contribution in [0.4, 0.5) is 4.39 Å². The average Bonchev–Trinajstić information content (AvgIpc) is 3.14. The van der Waals surface area contributed by atoms with Gasteiger partial charge < -0.3 is 5.32 Å². The fourth-order valence-electron chi connectivity index (χ4n) is 2.21. The van der Waals surface area contributed by atoms with Crippen LogP contribution in [0.5, 0.6) is 0 Å². The zero-order valence-electron chi connectivity index (χ0n) is 11.5. The van der Waals surface area contributed by atoms with E-state index < -0.39 is 0 Å². The largest absolute Gasteiger partial charge is 0.307 e. The van der Waals surface area contributed by atoms with E-state index in [-0.39, 0.29) is 5.82 Å². The molecule has 106 valence electrons. The van der Waals surface area contributed by atoms with Crippen molar-refractivity contribution in [1.82, 2.24) is 25.5 Å². The van der Waals surface area contributed by atoms with Crippen molar-refractivity contribution in [3.63, 3.8) is 0 Å². The summed E-state index contributed by atoms with van der Waals surface area (Å²) in [5.74, 6) is 0.666. The van der Waals surface area contributed by atoms with Gasteiger partial charge in [-0.15, -0.1) is 5.10 Å². The Kier molecular flexibility index (Phi) is 3.73. The third-order valence-electron chi connectivity index (χ3n) is 3.63. The SMILES string of the molecule is Cc1cc(F)ccc1CCn1nnnc1CNC1CC1. The van der Waals surface area contributed by atoms with Crippen LogP contribution >= 0.6 is 0 Å². The number of benzene rings is 1. The van der Waals surface area contributed by atoms with Crippen LogP contribution in [0, 0.1) is 12.7 Å². The van der Waals surface area contributed by atoms with Crippen LogP contribution < -0.4 is 5.32 Å². The monoisotopic (exact) mass is 275 g/mol. The molecule has 1 N–H and O–H groups in total. The minimum Gasteiger partial charge on any atom is -0.307 e. The lowest BCUT2D eigenvalue weighted by molar-refractivity contribution is 0.539. The van der Waals surface area contributed by atoms with Crippen LogP contribution in [0.15, 0.2) is 18.2 Å². The molecule has 0 unspecified atom stereocenters. The summed E-state index contributed by atoms with van der Waals surface area (Å²) in [5, 5.41) is 15.2. The summed E-state index contributed by atoms with van der Waals surface area (Å²) in [4.78, 5) is 0. The molecule has 20 heavy (non-hydrogen) atoms. The molecule has 0 amide bonds. The average molecular weight is 275 g/mol. The Hall–Kier alpha value is -1.82. The molecule has 1 fully saturated rings. The Morgan fingerprint density at radius 2 is 2.25 bits per heavy atom. The van der Waals surface area contributed by atoms with Crippen molar-refractivity contribution in [3.05, 3.63) is 41.0 Å². The lowest BCUT2D eigenvalue weighted by Gasteiger charge is -2.08. The first kappa shape index (κ1) is 13.2. The van der Waals surface area contributed by atoms with Gasteiger partial charge in [0, 0.05) is 12.6 Å². The first-order chi connectivity index (χ1) is 9.72. The van der Waals surface area contributed by atoms with Crippen LogP contribution in [0.25, 0.3) is 0 Å². The van der Waals surface area contributed by atoms with Crippen LogP contribution in [-0.2, 0) is 19.5 Å². The lowest BCUT2D eigenvalue weighted by Crippen LogP contribution is -2.20. The summed E-state index contributed by atoms with van der Waals surface area (Å²) in [6.07, 6.45) is 3.29. The standard InChI is InChI=1S/C14H18FN5/c1-10-8-12(15)3-2-11(10)6-7-20-14(17-18-19-20)9-16-13-4-5-13/h2-3,8,13,16H,4-7,9H2,1H3. The van der Waals surface area contributed by atoms with Gasteiger partial charge in [0.05, 0.1) is 6.54 Å². The van der Waals surface area contributed by atoms with Crippen molar-refractivity contribution in [3.8, 4) is 0 Å². The number of nitrogens with one attached hydrogen (secondary N) is 1. The molecule has 1 aliphatic carbocycles. The number of aryl methyl sites for hydroxylation is 3. The summed E-state index contributed by atoms with van der Waals surface area (Å²) in [5.41, 5.74) is 2.10. The van der Waals surface area contributed by atoms with Gasteiger partial charge >= 0.3 is 0 Å². The Morgan fingerprint density at radius 3 is 3.00 bits per heavy atom. The Balaban J connectivity index is 1.61. The van der Waals surface area contributed by atoms with Gasteiger partial charge in [-0.25, -0.2) is 9.07 Å². The molecule has 6 heteroatoms. The fraction of sp³-hybridized carbons (Fsp3) is 0.500. The molecule has 1 heterocycles. The molecule has 0 aliphatic heterocycles. The number of hydrogen-bond donors (Lipinski definition) is 1. The van der Waals surface area contributed by atoms with Gasteiger partial charge in [0.2, 0.25) is 0 Å². The highest BCUT2D eigenvalue weighted by Crippen LogP contribution is 2.19. The molecule has 0 radical (unpaired) electrons. The third kappa shape index (κ3) is 3.19. The number of nitrogens with zero attached hydrogens (tertiary/aromatic N) is 4. The zero-order valence-corrected chi connectivity index (χ0v) is 11.5. The predicted molar refractivity (Wildman–Crippen MR) is 72.5 cm³/mol.